The molecule has 5 heteroatoms. The number of likely N-dealkylation sites (tertiary alicyclic amines) is 1. The molecule has 1 saturated heterocycles. The molecule has 1 saturated carbocycles. The first-order valence-electron chi connectivity index (χ1n) is 8.24. The standard InChI is InChI=1S/C16H29N3O2/c1-16(2,17)11-18-14(20)12-7-3-4-8-13(12)15(21)19-9-5-6-10-19/h12-13H,3-11,17H2,1-2H3,(H,18,20). The Bertz CT molecular complexity index is 383. The Kier molecular flexibility index (Phi) is 5.25. The molecule has 0 aromatic heterocycles. The fraction of sp³-hybridized carbons (Fsp3) is 0.875. The van der Waals surface area contributed by atoms with Crippen molar-refractivity contribution in [2.75, 3.05) is 19.6 Å². The van der Waals surface area contributed by atoms with Crippen LogP contribution in [0.25, 0.3) is 0 Å². The zero-order valence-electron chi connectivity index (χ0n) is 13.4. The SMILES string of the molecule is CC(C)(N)CNC(=O)C1CCCCC1C(=O)N1CCCC1. The van der Waals surface area contributed by atoms with Gasteiger partial charge in [-0.05, 0) is 39.5 Å². The maximum absolute atomic E-state index is 12.6. The van der Waals surface area contributed by atoms with Crippen molar-refractivity contribution >= 4 is 11.8 Å². The molecule has 2 rings (SSSR count). The van der Waals surface area contributed by atoms with E-state index in [9.17, 15) is 9.59 Å². The molecular formula is C16H29N3O2. The molecule has 3 N–H and O–H groups in total. The topological polar surface area (TPSA) is 75.4 Å². The molecule has 120 valence electrons. The minimum absolute atomic E-state index is 0.00534. The van der Waals surface area contributed by atoms with E-state index < -0.39 is 5.54 Å². The minimum Gasteiger partial charge on any atom is -0.354 e. The van der Waals surface area contributed by atoms with Gasteiger partial charge >= 0.3 is 0 Å². The van der Waals surface area contributed by atoms with Gasteiger partial charge in [0.1, 0.15) is 0 Å². The van der Waals surface area contributed by atoms with E-state index in [-0.39, 0.29) is 23.7 Å². The first-order chi connectivity index (χ1) is 9.88. The van der Waals surface area contributed by atoms with Crippen LogP contribution in [-0.4, -0.2) is 41.9 Å². The predicted octanol–water partition coefficient (Wildman–Crippen LogP) is 1.27. The summed E-state index contributed by atoms with van der Waals surface area (Å²) >= 11 is 0. The number of nitrogens with two attached hydrogens (primary N) is 1. The van der Waals surface area contributed by atoms with Crippen LogP contribution in [0.15, 0.2) is 0 Å². The van der Waals surface area contributed by atoms with Crippen LogP contribution >= 0.6 is 0 Å². The third-order valence-corrected chi connectivity index (χ3v) is 4.56. The Hall–Kier alpha value is -1.10. The van der Waals surface area contributed by atoms with E-state index in [2.05, 4.69) is 5.32 Å². The summed E-state index contributed by atoms with van der Waals surface area (Å²) in [5.41, 5.74) is 5.50. The number of nitrogens with zero attached hydrogens (tertiary/aromatic N) is 1. The van der Waals surface area contributed by atoms with E-state index in [0.717, 1.165) is 51.6 Å². The lowest BCUT2D eigenvalue weighted by atomic mass is 9.77. The summed E-state index contributed by atoms with van der Waals surface area (Å²) in [6.45, 7) is 5.95. The van der Waals surface area contributed by atoms with E-state index >= 15 is 0 Å². The van der Waals surface area contributed by atoms with Crippen LogP contribution in [0, 0.1) is 11.8 Å². The molecule has 2 fully saturated rings. The second-order valence-electron chi connectivity index (χ2n) is 7.24. The molecular weight excluding hydrogens is 266 g/mol. The minimum atomic E-state index is -0.418. The number of hydrogen-bond donors (Lipinski definition) is 2. The average Bonchev–Trinajstić information content (AvgIpc) is 2.97. The van der Waals surface area contributed by atoms with Gasteiger partial charge in [0.25, 0.3) is 0 Å². The number of carbonyl (C=O) groups excluding carboxylic acids is 2. The van der Waals surface area contributed by atoms with Crippen LogP contribution in [0.4, 0.5) is 0 Å². The zero-order valence-corrected chi connectivity index (χ0v) is 13.4. The highest BCUT2D eigenvalue weighted by molar-refractivity contribution is 5.88. The molecule has 0 aromatic rings. The lowest BCUT2D eigenvalue weighted by Crippen LogP contribution is -2.49. The molecule has 0 bridgehead atoms. The molecule has 0 aromatic carbocycles. The maximum Gasteiger partial charge on any atom is 0.226 e. The summed E-state index contributed by atoms with van der Waals surface area (Å²) in [6.07, 6.45) is 5.94. The van der Waals surface area contributed by atoms with Crippen LogP contribution in [0.5, 0.6) is 0 Å². The van der Waals surface area contributed by atoms with Crippen LogP contribution in [-0.2, 0) is 9.59 Å². The number of carbonyl (C=O) groups is 2. The molecule has 1 aliphatic heterocycles. The lowest BCUT2D eigenvalue weighted by molar-refractivity contribution is -0.142. The summed E-state index contributed by atoms with van der Waals surface area (Å²) in [7, 11) is 0. The highest BCUT2D eigenvalue weighted by Crippen LogP contribution is 2.32. The fourth-order valence-corrected chi connectivity index (χ4v) is 3.36. The quantitative estimate of drug-likeness (QED) is 0.820. The van der Waals surface area contributed by atoms with Gasteiger partial charge in [-0.1, -0.05) is 12.8 Å². The van der Waals surface area contributed by atoms with Crippen molar-refractivity contribution in [1.29, 1.82) is 0 Å². The number of amides is 2. The van der Waals surface area contributed by atoms with Gasteiger partial charge in [0.2, 0.25) is 11.8 Å². The van der Waals surface area contributed by atoms with Crippen LogP contribution < -0.4 is 11.1 Å². The first kappa shape index (κ1) is 16.3. The maximum atomic E-state index is 12.6. The van der Waals surface area contributed by atoms with Crippen LogP contribution in [0.3, 0.4) is 0 Å². The van der Waals surface area contributed by atoms with E-state index in [1.165, 1.54) is 0 Å². The zero-order chi connectivity index (χ0) is 15.5. The van der Waals surface area contributed by atoms with E-state index in [1.807, 2.05) is 18.7 Å². The van der Waals surface area contributed by atoms with Crippen molar-refractivity contribution in [3.05, 3.63) is 0 Å². The van der Waals surface area contributed by atoms with Crippen molar-refractivity contribution < 1.29 is 9.59 Å². The normalized spacial score (nSPS) is 26.7. The Balaban J connectivity index is 1.97. The molecule has 5 nitrogen and oxygen atoms in total. The molecule has 1 aliphatic carbocycles. The largest absolute Gasteiger partial charge is 0.354 e. The molecule has 2 amide bonds. The van der Waals surface area contributed by atoms with Gasteiger partial charge in [0, 0.05) is 37.0 Å². The van der Waals surface area contributed by atoms with Crippen LogP contribution in [0.2, 0.25) is 0 Å². The Morgan fingerprint density at radius 2 is 1.67 bits per heavy atom. The fourth-order valence-electron chi connectivity index (χ4n) is 3.36. The molecule has 21 heavy (non-hydrogen) atoms. The molecule has 0 spiro atoms. The summed E-state index contributed by atoms with van der Waals surface area (Å²) in [4.78, 5) is 27.0. The molecule has 2 aliphatic rings. The molecule has 0 radical (unpaired) electrons. The highest BCUT2D eigenvalue weighted by Gasteiger charge is 2.38. The molecule has 2 atom stereocenters. The van der Waals surface area contributed by atoms with Gasteiger partial charge in [-0.3, -0.25) is 9.59 Å². The Labute approximate surface area is 127 Å². The van der Waals surface area contributed by atoms with E-state index in [4.69, 9.17) is 5.73 Å². The van der Waals surface area contributed by atoms with Crippen molar-refractivity contribution in [1.82, 2.24) is 10.2 Å². The summed E-state index contributed by atoms with van der Waals surface area (Å²) in [6, 6.07) is 0. The number of nitrogens with one attached hydrogen (secondary N) is 1. The van der Waals surface area contributed by atoms with Gasteiger partial charge in [-0.25, -0.2) is 0 Å². The Morgan fingerprint density at radius 3 is 2.24 bits per heavy atom. The smallest absolute Gasteiger partial charge is 0.226 e. The molecule has 2 unspecified atom stereocenters. The van der Waals surface area contributed by atoms with Gasteiger partial charge in [-0.15, -0.1) is 0 Å². The lowest BCUT2D eigenvalue weighted by Gasteiger charge is -2.33. The van der Waals surface area contributed by atoms with Crippen molar-refractivity contribution in [3.63, 3.8) is 0 Å². The monoisotopic (exact) mass is 295 g/mol. The van der Waals surface area contributed by atoms with Gasteiger partial charge < -0.3 is 16.0 Å². The second kappa shape index (κ2) is 6.77. The van der Waals surface area contributed by atoms with E-state index in [1.54, 1.807) is 0 Å². The summed E-state index contributed by atoms with van der Waals surface area (Å²) in [5, 5.41) is 2.93. The van der Waals surface area contributed by atoms with Crippen molar-refractivity contribution in [2.45, 2.75) is 57.9 Å². The van der Waals surface area contributed by atoms with Crippen molar-refractivity contribution in [2.24, 2.45) is 17.6 Å². The molecule has 1 heterocycles. The summed E-state index contributed by atoms with van der Waals surface area (Å²) in [5.74, 6) is -0.0999. The Morgan fingerprint density at radius 1 is 1.10 bits per heavy atom. The highest BCUT2D eigenvalue weighted by atomic mass is 16.2. The third kappa shape index (κ3) is 4.43. The number of hydrogen-bond acceptors (Lipinski definition) is 3. The predicted molar refractivity (Wildman–Crippen MR) is 82.5 cm³/mol. The van der Waals surface area contributed by atoms with E-state index in [0.29, 0.717) is 6.54 Å². The van der Waals surface area contributed by atoms with Crippen molar-refractivity contribution in [3.8, 4) is 0 Å². The van der Waals surface area contributed by atoms with Gasteiger partial charge in [0.15, 0.2) is 0 Å². The van der Waals surface area contributed by atoms with Gasteiger partial charge in [-0.2, -0.15) is 0 Å². The average molecular weight is 295 g/mol. The number of rotatable bonds is 4. The first-order valence-corrected chi connectivity index (χ1v) is 8.24. The van der Waals surface area contributed by atoms with Crippen LogP contribution in [0.1, 0.15) is 52.4 Å². The third-order valence-electron chi connectivity index (χ3n) is 4.56. The summed E-state index contributed by atoms with van der Waals surface area (Å²) < 4.78 is 0. The second-order valence-corrected chi connectivity index (χ2v) is 7.24. The van der Waals surface area contributed by atoms with Gasteiger partial charge in [0.05, 0.1) is 0 Å².